The topological polar surface area (TPSA) is 174 Å². The van der Waals surface area contributed by atoms with Gasteiger partial charge in [-0.2, -0.15) is 0 Å². The van der Waals surface area contributed by atoms with Crippen LogP contribution in [0.25, 0.3) is 11.1 Å². The van der Waals surface area contributed by atoms with Crippen LogP contribution in [-0.2, 0) is 31.0 Å². The number of carbonyl (C=O) groups excluding carboxylic acids is 3. The molecule has 1 saturated heterocycles. The number of allylic oxidation sites excluding steroid dienone is 1. The zero-order chi connectivity index (χ0) is 35.0. The van der Waals surface area contributed by atoms with E-state index in [9.17, 15) is 22.8 Å². The maximum atomic E-state index is 14.2. The van der Waals surface area contributed by atoms with Gasteiger partial charge in [-0.05, 0) is 87.7 Å². The number of fused-ring (bicyclic) bond motifs is 1. The normalized spacial score (nSPS) is 19.2. The highest BCUT2D eigenvalue weighted by molar-refractivity contribution is 7.88. The molecule has 2 fully saturated rings. The molecule has 1 aromatic heterocycles. The first-order valence-corrected chi connectivity index (χ1v) is 19.0. The van der Waals surface area contributed by atoms with Crippen molar-refractivity contribution in [1.29, 1.82) is 0 Å². The van der Waals surface area contributed by atoms with Crippen molar-refractivity contribution >= 4 is 50.3 Å². The van der Waals surface area contributed by atoms with E-state index < -0.39 is 51.9 Å². The van der Waals surface area contributed by atoms with Crippen LogP contribution in [0, 0.1) is 0 Å². The first kappa shape index (κ1) is 36.7. The highest BCUT2D eigenvalue weighted by atomic mass is 35.5. The number of ether oxygens (including phenoxy) is 1. The van der Waals surface area contributed by atoms with E-state index in [0.29, 0.717) is 35.5 Å². The van der Waals surface area contributed by atoms with Gasteiger partial charge in [-0.15, -0.1) is 0 Å². The summed E-state index contributed by atoms with van der Waals surface area (Å²) in [6.45, 7) is 0.688. The standard InChI is InChI=1S/C35H44ClN5O7S/c1-49(45,46)40-29(18-15-23-8-2-3-9-23)35(44)41-21-26(47-22-24-13-16-25(36)17-14-24)20-30(41)33(43)38-28(11-6-7-19-37)32(42)34-39-27-10-4-5-12-31(27)48-34/h4-5,10,12-17,26,28-30,40H,2-3,6-9,11,18-22,37H2,1H3,(H,38,43)/t26-,28+,29-,30?/m1/s1. The van der Waals surface area contributed by atoms with E-state index in [2.05, 4.69) is 15.0 Å². The van der Waals surface area contributed by atoms with E-state index in [1.54, 1.807) is 36.4 Å². The number of sulfonamides is 1. The van der Waals surface area contributed by atoms with Crippen LogP contribution in [0.15, 0.2) is 64.6 Å². The minimum atomic E-state index is -3.77. The second-order valence-corrected chi connectivity index (χ2v) is 15.0. The van der Waals surface area contributed by atoms with Crippen LogP contribution in [0.3, 0.4) is 0 Å². The lowest BCUT2D eigenvalue weighted by molar-refractivity contribution is -0.140. The number of nitrogens with one attached hydrogen (secondary N) is 2. The van der Waals surface area contributed by atoms with Gasteiger partial charge >= 0.3 is 0 Å². The number of para-hydroxylation sites is 2. The zero-order valence-electron chi connectivity index (χ0n) is 27.6. The number of nitrogens with two attached hydrogens (primary N) is 1. The predicted molar refractivity (Wildman–Crippen MR) is 186 cm³/mol. The Bertz CT molecular complexity index is 1720. The Morgan fingerprint density at radius 2 is 1.84 bits per heavy atom. The summed E-state index contributed by atoms with van der Waals surface area (Å²) in [5, 5.41) is 3.45. The molecule has 2 amide bonds. The lowest BCUT2D eigenvalue weighted by Gasteiger charge is -2.29. The van der Waals surface area contributed by atoms with E-state index in [-0.39, 0.29) is 38.3 Å². The lowest BCUT2D eigenvalue weighted by atomic mass is 10.0. The third kappa shape index (κ3) is 10.2. The second-order valence-electron chi connectivity index (χ2n) is 12.7. The van der Waals surface area contributed by atoms with Gasteiger partial charge < -0.3 is 25.1 Å². The van der Waals surface area contributed by atoms with Crippen molar-refractivity contribution in [2.75, 3.05) is 19.3 Å². The van der Waals surface area contributed by atoms with E-state index in [1.807, 2.05) is 18.2 Å². The molecule has 4 N–H and O–H groups in total. The molecule has 5 rings (SSSR count). The van der Waals surface area contributed by atoms with Crippen LogP contribution in [0.5, 0.6) is 0 Å². The molecule has 0 radical (unpaired) electrons. The van der Waals surface area contributed by atoms with Gasteiger partial charge in [0.25, 0.3) is 5.89 Å². The van der Waals surface area contributed by atoms with E-state index in [0.717, 1.165) is 37.5 Å². The number of rotatable bonds is 16. The fraction of sp³-hybridized carbons (Fsp3) is 0.486. The fourth-order valence-corrected chi connectivity index (χ4v) is 7.18. The maximum absolute atomic E-state index is 14.2. The van der Waals surface area contributed by atoms with Gasteiger partial charge in [0, 0.05) is 18.0 Å². The summed E-state index contributed by atoms with van der Waals surface area (Å²) in [6.07, 6.45) is 8.10. The minimum absolute atomic E-state index is 0.0555. The lowest BCUT2D eigenvalue weighted by Crippen LogP contribution is -2.55. The number of amides is 2. The number of aromatic nitrogens is 1. The average Bonchev–Trinajstić information content (AvgIpc) is 3.85. The van der Waals surface area contributed by atoms with Gasteiger partial charge in [-0.1, -0.05) is 47.5 Å². The van der Waals surface area contributed by atoms with Gasteiger partial charge in [0.1, 0.15) is 17.6 Å². The van der Waals surface area contributed by atoms with Crippen molar-refractivity contribution in [3.05, 3.63) is 76.7 Å². The summed E-state index contributed by atoms with van der Waals surface area (Å²) < 4.78 is 39.2. The Morgan fingerprint density at radius 1 is 1.10 bits per heavy atom. The van der Waals surface area contributed by atoms with Crippen LogP contribution in [0.4, 0.5) is 0 Å². The summed E-state index contributed by atoms with van der Waals surface area (Å²) >= 11 is 6.03. The van der Waals surface area contributed by atoms with Crippen molar-refractivity contribution < 1.29 is 32.0 Å². The Kier molecular flexibility index (Phi) is 12.6. The Hall–Kier alpha value is -3.62. The van der Waals surface area contributed by atoms with Crippen molar-refractivity contribution in [2.45, 2.75) is 88.6 Å². The van der Waals surface area contributed by atoms with Crippen LogP contribution < -0.4 is 15.8 Å². The van der Waals surface area contributed by atoms with E-state index >= 15 is 0 Å². The second kappa shape index (κ2) is 16.9. The number of halogens is 1. The summed E-state index contributed by atoms with van der Waals surface area (Å²) in [6, 6.07) is 11.0. The summed E-state index contributed by atoms with van der Waals surface area (Å²) in [7, 11) is -3.77. The Balaban J connectivity index is 1.38. The monoisotopic (exact) mass is 713 g/mol. The third-order valence-electron chi connectivity index (χ3n) is 8.87. The van der Waals surface area contributed by atoms with Crippen LogP contribution >= 0.6 is 11.6 Å². The maximum Gasteiger partial charge on any atom is 0.266 e. The van der Waals surface area contributed by atoms with E-state index in [1.165, 1.54) is 10.5 Å². The summed E-state index contributed by atoms with van der Waals surface area (Å²) in [5.41, 5.74) is 8.72. The number of ketones is 1. The SMILES string of the molecule is CS(=O)(=O)N[C@H](CC=C1CCCC1)C(=O)N1C[C@H](OCc2ccc(Cl)cc2)CC1C(=O)N[C@@H](CCCCN)C(=O)c1nc2ccccc2o1. The third-order valence-corrected chi connectivity index (χ3v) is 9.84. The number of hydrogen-bond donors (Lipinski definition) is 3. The molecule has 2 heterocycles. The van der Waals surface area contributed by atoms with Gasteiger partial charge in [0.2, 0.25) is 27.6 Å². The quantitative estimate of drug-likeness (QED) is 0.111. The number of carbonyl (C=O) groups is 3. The molecule has 4 atom stereocenters. The van der Waals surface area contributed by atoms with Gasteiger partial charge in [-0.3, -0.25) is 14.4 Å². The number of oxazole rings is 1. The number of Topliss-reactive ketones (excluding diaryl/α,β-unsaturated/α-hetero) is 1. The van der Waals surface area contributed by atoms with Crippen molar-refractivity contribution in [3.63, 3.8) is 0 Å². The van der Waals surface area contributed by atoms with Gasteiger partial charge in [0.05, 0.1) is 25.0 Å². The van der Waals surface area contributed by atoms with Crippen molar-refractivity contribution in [1.82, 2.24) is 19.9 Å². The summed E-state index contributed by atoms with van der Waals surface area (Å²) in [4.78, 5) is 47.7. The van der Waals surface area contributed by atoms with Crippen LogP contribution in [0.2, 0.25) is 5.02 Å². The number of nitrogens with zero attached hydrogens (tertiary/aromatic N) is 2. The minimum Gasteiger partial charge on any atom is -0.434 e. The average molecular weight is 714 g/mol. The number of hydrogen-bond acceptors (Lipinski definition) is 9. The van der Waals surface area contributed by atoms with Crippen molar-refractivity contribution in [2.24, 2.45) is 5.73 Å². The van der Waals surface area contributed by atoms with E-state index in [4.69, 9.17) is 26.5 Å². The number of unbranched alkanes of at least 4 members (excludes halogenated alkanes) is 1. The largest absolute Gasteiger partial charge is 0.434 e. The molecule has 264 valence electrons. The molecular weight excluding hydrogens is 670 g/mol. The first-order chi connectivity index (χ1) is 23.5. The predicted octanol–water partition coefficient (Wildman–Crippen LogP) is 4.27. The number of likely N-dealkylation sites (tertiary alicyclic amines) is 1. The molecule has 1 saturated carbocycles. The zero-order valence-corrected chi connectivity index (χ0v) is 29.2. The molecule has 2 aliphatic rings. The molecule has 1 aliphatic heterocycles. The molecule has 12 nitrogen and oxygen atoms in total. The Labute approximate surface area is 291 Å². The van der Waals surface area contributed by atoms with Crippen molar-refractivity contribution in [3.8, 4) is 0 Å². The first-order valence-electron chi connectivity index (χ1n) is 16.7. The molecule has 49 heavy (non-hydrogen) atoms. The Morgan fingerprint density at radius 3 is 2.53 bits per heavy atom. The molecule has 0 spiro atoms. The molecule has 1 unspecified atom stereocenters. The van der Waals surface area contributed by atoms with Gasteiger partial charge in [-0.25, -0.2) is 18.1 Å². The molecule has 2 aromatic carbocycles. The smallest absolute Gasteiger partial charge is 0.266 e. The molecular formula is C35H44ClN5O7S. The molecule has 14 heteroatoms. The molecule has 0 bridgehead atoms. The highest BCUT2D eigenvalue weighted by Gasteiger charge is 2.43. The fourth-order valence-electron chi connectivity index (χ4n) is 6.34. The van der Waals surface area contributed by atoms with Gasteiger partial charge in [0.15, 0.2) is 5.58 Å². The number of benzene rings is 2. The summed E-state index contributed by atoms with van der Waals surface area (Å²) in [5.74, 6) is -1.71. The molecule has 3 aromatic rings. The van der Waals surface area contributed by atoms with Crippen LogP contribution in [-0.4, -0.2) is 79.5 Å². The van der Waals surface area contributed by atoms with Crippen LogP contribution in [0.1, 0.15) is 74.0 Å². The highest BCUT2D eigenvalue weighted by Crippen LogP contribution is 2.27. The molecule has 1 aliphatic carbocycles.